The molecular formula is C13H13ClN2O4S. The fourth-order valence-electron chi connectivity index (χ4n) is 1.80. The summed E-state index contributed by atoms with van der Waals surface area (Å²) in [6, 6.07) is 7.54. The van der Waals surface area contributed by atoms with Crippen molar-refractivity contribution in [2.75, 3.05) is 11.8 Å². The first kappa shape index (κ1) is 15.4. The van der Waals surface area contributed by atoms with Gasteiger partial charge in [-0.3, -0.25) is 4.72 Å². The maximum absolute atomic E-state index is 12.3. The second kappa shape index (κ2) is 5.79. The molecule has 1 aromatic carbocycles. The highest BCUT2D eigenvalue weighted by atomic mass is 35.5. The Morgan fingerprint density at radius 2 is 2.00 bits per heavy atom. The smallest absolute Gasteiger partial charge is 0.356 e. The van der Waals surface area contributed by atoms with Crippen LogP contribution in [0.4, 0.5) is 5.69 Å². The average Bonchev–Trinajstić information content (AvgIpc) is 2.78. The predicted molar refractivity (Wildman–Crippen MR) is 79.1 cm³/mol. The van der Waals surface area contributed by atoms with E-state index in [4.69, 9.17) is 11.6 Å². The van der Waals surface area contributed by atoms with Gasteiger partial charge >= 0.3 is 5.97 Å². The zero-order valence-corrected chi connectivity index (χ0v) is 12.9. The van der Waals surface area contributed by atoms with Gasteiger partial charge in [0, 0.05) is 5.69 Å². The van der Waals surface area contributed by atoms with E-state index >= 15 is 0 Å². The van der Waals surface area contributed by atoms with E-state index in [0.29, 0.717) is 5.69 Å². The molecule has 21 heavy (non-hydrogen) atoms. The highest BCUT2D eigenvalue weighted by Gasteiger charge is 2.22. The third-order valence-corrected chi connectivity index (χ3v) is 4.58. The predicted octanol–water partition coefficient (Wildman–Crippen LogP) is 2.56. The first-order chi connectivity index (χ1) is 9.85. The van der Waals surface area contributed by atoms with E-state index in [1.807, 2.05) is 0 Å². The van der Waals surface area contributed by atoms with Crippen LogP contribution in [0.15, 0.2) is 35.2 Å². The van der Waals surface area contributed by atoms with Crippen molar-refractivity contribution >= 4 is 33.3 Å². The SMILES string of the molecule is COC(=O)c1[nH]c(C)cc1NS(=O)(=O)c1ccccc1Cl. The Balaban J connectivity index is 2.43. The van der Waals surface area contributed by atoms with Crippen LogP contribution in [0, 0.1) is 6.92 Å². The first-order valence-corrected chi connectivity index (χ1v) is 7.76. The Morgan fingerprint density at radius 3 is 2.62 bits per heavy atom. The molecule has 0 saturated heterocycles. The lowest BCUT2D eigenvalue weighted by molar-refractivity contribution is 0.0596. The number of nitrogens with one attached hydrogen (secondary N) is 2. The summed E-state index contributed by atoms with van der Waals surface area (Å²) in [6.45, 7) is 1.69. The minimum atomic E-state index is -3.90. The molecule has 1 aromatic heterocycles. The molecular weight excluding hydrogens is 316 g/mol. The van der Waals surface area contributed by atoms with E-state index in [9.17, 15) is 13.2 Å². The molecule has 0 fully saturated rings. The van der Waals surface area contributed by atoms with Gasteiger partial charge in [-0.05, 0) is 25.1 Å². The van der Waals surface area contributed by atoms with Gasteiger partial charge in [-0.2, -0.15) is 0 Å². The molecule has 0 saturated carbocycles. The number of anilines is 1. The number of carbonyl (C=O) groups is 1. The Morgan fingerprint density at radius 1 is 1.33 bits per heavy atom. The lowest BCUT2D eigenvalue weighted by atomic mass is 10.4. The molecule has 0 aliphatic carbocycles. The number of methoxy groups -OCH3 is 1. The van der Waals surface area contributed by atoms with E-state index in [1.165, 1.54) is 25.3 Å². The van der Waals surface area contributed by atoms with Gasteiger partial charge in [-0.15, -0.1) is 0 Å². The van der Waals surface area contributed by atoms with Crippen molar-refractivity contribution in [3.63, 3.8) is 0 Å². The fraction of sp³-hybridized carbons (Fsp3) is 0.154. The van der Waals surface area contributed by atoms with E-state index < -0.39 is 16.0 Å². The summed E-state index contributed by atoms with van der Waals surface area (Å²) in [5, 5.41) is 0.0943. The van der Waals surface area contributed by atoms with Gasteiger partial charge in [0.25, 0.3) is 10.0 Å². The molecule has 0 aliphatic heterocycles. The molecule has 0 atom stereocenters. The molecule has 0 radical (unpaired) electrons. The number of sulfonamides is 1. The van der Waals surface area contributed by atoms with E-state index in [2.05, 4.69) is 14.4 Å². The largest absolute Gasteiger partial charge is 0.464 e. The first-order valence-electron chi connectivity index (χ1n) is 5.90. The highest BCUT2D eigenvalue weighted by Crippen LogP contribution is 2.25. The zero-order valence-electron chi connectivity index (χ0n) is 11.3. The third-order valence-electron chi connectivity index (χ3n) is 2.71. The molecule has 2 N–H and O–H groups in total. The molecule has 0 aliphatic rings. The maximum atomic E-state index is 12.3. The molecule has 0 amide bonds. The fourth-order valence-corrected chi connectivity index (χ4v) is 3.38. The maximum Gasteiger partial charge on any atom is 0.356 e. The number of aryl methyl sites for hydroxylation is 1. The monoisotopic (exact) mass is 328 g/mol. The van der Waals surface area contributed by atoms with E-state index in [1.54, 1.807) is 19.1 Å². The number of halogens is 1. The molecule has 1 heterocycles. The van der Waals surface area contributed by atoms with Crippen LogP contribution in [0.1, 0.15) is 16.2 Å². The number of H-pyrrole nitrogens is 1. The van der Waals surface area contributed by atoms with Crippen LogP contribution in [-0.2, 0) is 14.8 Å². The Hall–Kier alpha value is -1.99. The molecule has 0 spiro atoms. The third kappa shape index (κ3) is 3.20. The second-order valence-electron chi connectivity index (χ2n) is 4.27. The second-order valence-corrected chi connectivity index (χ2v) is 6.33. The normalized spacial score (nSPS) is 11.2. The van der Waals surface area contributed by atoms with E-state index in [0.717, 1.165) is 0 Å². The van der Waals surface area contributed by atoms with Crippen molar-refractivity contribution in [1.82, 2.24) is 4.98 Å². The van der Waals surface area contributed by atoms with Gasteiger partial charge in [0.2, 0.25) is 0 Å². The molecule has 0 unspecified atom stereocenters. The van der Waals surface area contributed by atoms with Crippen molar-refractivity contribution in [2.45, 2.75) is 11.8 Å². The van der Waals surface area contributed by atoms with Crippen molar-refractivity contribution < 1.29 is 17.9 Å². The standard InChI is InChI=1S/C13H13ClN2O4S/c1-8-7-10(12(15-8)13(17)20-2)16-21(18,19)11-6-4-3-5-9(11)14/h3-7,15-16H,1-2H3. The van der Waals surface area contributed by atoms with Crippen LogP contribution in [0.5, 0.6) is 0 Å². The summed E-state index contributed by atoms with van der Waals surface area (Å²) in [4.78, 5) is 14.3. The van der Waals surface area contributed by atoms with Crippen molar-refractivity contribution in [3.05, 3.63) is 46.7 Å². The Bertz CT molecular complexity index is 783. The molecule has 2 aromatic rings. The summed E-state index contributed by atoms with van der Waals surface area (Å²) in [5.74, 6) is -0.667. The van der Waals surface area contributed by atoms with Crippen molar-refractivity contribution in [2.24, 2.45) is 0 Å². The lowest BCUT2D eigenvalue weighted by Crippen LogP contribution is -2.15. The van der Waals surface area contributed by atoms with Crippen LogP contribution in [-0.4, -0.2) is 26.5 Å². The minimum absolute atomic E-state index is 0.0330. The summed E-state index contributed by atoms with van der Waals surface area (Å²) in [5.41, 5.74) is 0.761. The minimum Gasteiger partial charge on any atom is -0.464 e. The van der Waals surface area contributed by atoms with Crippen molar-refractivity contribution in [3.8, 4) is 0 Å². The topological polar surface area (TPSA) is 88.3 Å². The van der Waals surface area contributed by atoms with E-state index in [-0.39, 0.29) is 21.3 Å². The number of benzene rings is 1. The summed E-state index contributed by atoms with van der Waals surface area (Å²) >= 11 is 5.89. The van der Waals surface area contributed by atoms with Crippen LogP contribution in [0.3, 0.4) is 0 Å². The van der Waals surface area contributed by atoms with Crippen LogP contribution < -0.4 is 4.72 Å². The number of carbonyl (C=O) groups excluding carboxylic acids is 1. The summed E-state index contributed by atoms with van der Waals surface area (Å²) < 4.78 is 31.6. The molecule has 0 bridgehead atoms. The number of hydrogen-bond acceptors (Lipinski definition) is 4. The number of aromatic nitrogens is 1. The Kier molecular flexibility index (Phi) is 4.24. The van der Waals surface area contributed by atoms with Gasteiger partial charge in [0.05, 0.1) is 17.8 Å². The molecule has 6 nitrogen and oxygen atoms in total. The van der Waals surface area contributed by atoms with Crippen LogP contribution in [0.25, 0.3) is 0 Å². The van der Waals surface area contributed by atoms with Crippen molar-refractivity contribution in [1.29, 1.82) is 0 Å². The summed E-state index contributed by atoms with van der Waals surface area (Å²) in [6.07, 6.45) is 0. The Labute approximate surface area is 127 Å². The average molecular weight is 329 g/mol. The summed E-state index contributed by atoms with van der Waals surface area (Å²) in [7, 11) is -2.69. The zero-order chi connectivity index (χ0) is 15.6. The van der Waals surface area contributed by atoms with Gasteiger partial charge in [-0.25, -0.2) is 13.2 Å². The van der Waals surface area contributed by atoms with Gasteiger partial charge in [0.15, 0.2) is 0 Å². The van der Waals surface area contributed by atoms with Crippen LogP contribution >= 0.6 is 11.6 Å². The van der Waals surface area contributed by atoms with Crippen LogP contribution in [0.2, 0.25) is 5.02 Å². The van der Waals surface area contributed by atoms with Gasteiger partial charge < -0.3 is 9.72 Å². The lowest BCUT2D eigenvalue weighted by Gasteiger charge is -2.09. The molecule has 2 rings (SSSR count). The number of esters is 1. The highest BCUT2D eigenvalue weighted by molar-refractivity contribution is 7.92. The quantitative estimate of drug-likeness (QED) is 0.844. The number of rotatable bonds is 4. The number of hydrogen-bond donors (Lipinski definition) is 2. The number of ether oxygens (including phenoxy) is 1. The van der Waals surface area contributed by atoms with Gasteiger partial charge in [0.1, 0.15) is 10.6 Å². The van der Waals surface area contributed by atoms with Gasteiger partial charge in [-0.1, -0.05) is 23.7 Å². The molecule has 8 heteroatoms. The molecule has 112 valence electrons. The number of aromatic amines is 1.